The van der Waals surface area contributed by atoms with Gasteiger partial charge in [0, 0.05) is 17.7 Å². The van der Waals surface area contributed by atoms with E-state index >= 15 is 0 Å². The van der Waals surface area contributed by atoms with Gasteiger partial charge in [0.05, 0.1) is 0 Å². The third kappa shape index (κ3) is 3.81. The minimum absolute atomic E-state index is 0.418. The van der Waals surface area contributed by atoms with Gasteiger partial charge >= 0.3 is 6.09 Å². The van der Waals surface area contributed by atoms with E-state index in [2.05, 4.69) is 20.9 Å². The lowest BCUT2D eigenvalue weighted by Crippen LogP contribution is -2.34. The van der Waals surface area contributed by atoms with Gasteiger partial charge in [-0.2, -0.15) is 0 Å². The van der Waals surface area contributed by atoms with Gasteiger partial charge in [-0.3, -0.25) is 4.90 Å². The number of amides is 1. The summed E-state index contributed by atoms with van der Waals surface area (Å²) in [4.78, 5) is 17.2. The highest BCUT2D eigenvalue weighted by Gasteiger charge is 2.21. The van der Waals surface area contributed by atoms with E-state index in [1.807, 2.05) is 20.8 Å². The number of carbonyl (C=O) groups excluding carboxylic acids is 1. The second-order valence-electron chi connectivity index (χ2n) is 4.37. The Bertz CT molecular complexity index is 388. The minimum Gasteiger partial charge on any atom is -0.443 e. The molecule has 0 radical (unpaired) electrons. The topological polar surface area (TPSA) is 42.4 Å². The normalized spacial score (nSPS) is 11.1. The van der Waals surface area contributed by atoms with Crippen LogP contribution in [0.2, 0.25) is 0 Å². The maximum Gasteiger partial charge on any atom is 0.415 e. The van der Waals surface area contributed by atoms with E-state index < -0.39 is 11.7 Å². The summed E-state index contributed by atoms with van der Waals surface area (Å²) in [6, 6.07) is 3.55. The van der Waals surface area contributed by atoms with E-state index in [1.54, 1.807) is 25.4 Å². The molecule has 4 nitrogen and oxygen atoms in total. The summed E-state index contributed by atoms with van der Waals surface area (Å²) in [6.45, 7) is 5.48. The molecular formula is C11H15BrN2O2. The molecule has 0 aromatic carbocycles. The van der Waals surface area contributed by atoms with E-state index in [1.165, 1.54) is 4.90 Å². The van der Waals surface area contributed by atoms with E-state index in [0.717, 1.165) is 4.47 Å². The van der Waals surface area contributed by atoms with Crippen LogP contribution >= 0.6 is 15.9 Å². The second-order valence-corrected chi connectivity index (χ2v) is 5.29. The van der Waals surface area contributed by atoms with Gasteiger partial charge in [-0.1, -0.05) is 15.9 Å². The van der Waals surface area contributed by atoms with Crippen molar-refractivity contribution in [1.82, 2.24) is 4.98 Å². The Balaban J connectivity index is 2.78. The van der Waals surface area contributed by atoms with Crippen LogP contribution in [0.4, 0.5) is 10.6 Å². The molecule has 1 amide bonds. The molecule has 88 valence electrons. The van der Waals surface area contributed by atoms with Gasteiger partial charge in [0.15, 0.2) is 0 Å². The van der Waals surface area contributed by atoms with Crippen LogP contribution in [0, 0.1) is 0 Å². The molecule has 0 aliphatic heterocycles. The van der Waals surface area contributed by atoms with Gasteiger partial charge in [-0.05, 0) is 32.9 Å². The van der Waals surface area contributed by atoms with Gasteiger partial charge in [-0.25, -0.2) is 9.78 Å². The smallest absolute Gasteiger partial charge is 0.415 e. The summed E-state index contributed by atoms with van der Waals surface area (Å²) < 4.78 is 6.09. The summed E-state index contributed by atoms with van der Waals surface area (Å²) in [5.41, 5.74) is -0.503. The van der Waals surface area contributed by atoms with E-state index in [-0.39, 0.29) is 0 Å². The van der Waals surface area contributed by atoms with Gasteiger partial charge in [-0.15, -0.1) is 0 Å². The number of rotatable bonds is 1. The fraction of sp³-hybridized carbons (Fsp3) is 0.455. The van der Waals surface area contributed by atoms with Crippen LogP contribution in [0.5, 0.6) is 0 Å². The molecule has 0 fully saturated rings. The van der Waals surface area contributed by atoms with Crippen molar-refractivity contribution in [3.05, 3.63) is 22.8 Å². The molecular weight excluding hydrogens is 272 g/mol. The average molecular weight is 287 g/mol. The molecule has 0 atom stereocenters. The highest BCUT2D eigenvalue weighted by atomic mass is 79.9. The Morgan fingerprint density at radius 1 is 1.50 bits per heavy atom. The van der Waals surface area contributed by atoms with Crippen LogP contribution in [0.25, 0.3) is 0 Å². The van der Waals surface area contributed by atoms with Crippen molar-refractivity contribution in [2.75, 3.05) is 11.9 Å². The second kappa shape index (κ2) is 4.82. The molecule has 1 rings (SSSR count). The zero-order valence-electron chi connectivity index (χ0n) is 9.82. The number of hydrogen-bond donors (Lipinski definition) is 0. The van der Waals surface area contributed by atoms with Crippen LogP contribution in [-0.4, -0.2) is 23.7 Å². The van der Waals surface area contributed by atoms with Crippen molar-refractivity contribution < 1.29 is 9.53 Å². The van der Waals surface area contributed by atoms with Crippen LogP contribution in [0.1, 0.15) is 20.8 Å². The zero-order valence-corrected chi connectivity index (χ0v) is 11.4. The highest BCUT2D eigenvalue weighted by Crippen LogP contribution is 2.18. The fourth-order valence-electron chi connectivity index (χ4n) is 1.00. The first-order valence-corrected chi connectivity index (χ1v) is 5.67. The first kappa shape index (κ1) is 13.0. The Morgan fingerprint density at radius 3 is 2.62 bits per heavy atom. The molecule has 1 aromatic rings. The quantitative estimate of drug-likeness (QED) is 0.796. The van der Waals surface area contributed by atoms with Gasteiger partial charge in [0.25, 0.3) is 0 Å². The molecule has 5 heteroatoms. The van der Waals surface area contributed by atoms with Crippen molar-refractivity contribution >= 4 is 27.8 Å². The largest absolute Gasteiger partial charge is 0.443 e. The van der Waals surface area contributed by atoms with Crippen LogP contribution in [0.15, 0.2) is 22.8 Å². The summed E-state index contributed by atoms with van der Waals surface area (Å²) >= 11 is 3.32. The Morgan fingerprint density at radius 2 is 2.12 bits per heavy atom. The SMILES string of the molecule is CN(C(=O)OC(C)(C)C)c1cc(Br)ccn1. The third-order valence-corrected chi connectivity index (χ3v) is 2.21. The van der Waals surface area contributed by atoms with Gasteiger partial charge in [0.1, 0.15) is 11.4 Å². The number of ether oxygens (including phenoxy) is 1. The Hall–Kier alpha value is -1.10. The number of anilines is 1. The number of nitrogens with zero attached hydrogens (tertiary/aromatic N) is 2. The first-order chi connectivity index (χ1) is 7.29. The summed E-state index contributed by atoms with van der Waals surface area (Å²) in [6.07, 6.45) is 1.21. The zero-order chi connectivity index (χ0) is 12.3. The molecule has 0 N–H and O–H groups in total. The number of carbonyl (C=O) groups is 1. The van der Waals surface area contributed by atoms with Crippen LogP contribution < -0.4 is 4.90 Å². The van der Waals surface area contributed by atoms with Crippen molar-refractivity contribution in [3.63, 3.8) is 0 Å². The van der Waals surface area contributed by atoms with E-state index in [9.17, 15) is 4.79 Å². The number of hydrogen-bond acceptors (Lipinski definition) is 3. The molecule has 16 heavy (non-hydrogen) atoms. The summed E-state index contributed by atoms with van der Waals surface area (Å²) in [5.74, 6) is 0.545. The number of pyridine rings is 1. The molecule has 0 saturated heterocycles. The number of aromatic nitrogens is 1. The van der Waals surface area contributed by atoms with Crippen LogP contribution in [0.3, 0.4) is 0 Å². The maximum absolute atomic E-state index is 11.7. The van der Waals surface area contributed by atoms with Crippen molar-refractivity contribution in [3.8, 4) is 0 Å². The van der Waals surface area contributed by atoms with E-state index in [4.69, 9.17) is 4.74 Å². The lowest BCUT2D eigenvalue weighted by molar-refractivity contribution is 0.0588. The molecule has 1 aromatic heterocycles. The van der Waals surface area contributed by atoms with E-state index in [0.29, 0.717) is 5.82 Å². The molecule has 0 aliphatic carbocycles. The molecule has 0 spiro atoms. The molecule has 0 bridgehead atoms. The third-order valence-electron chi connectivity index (χ3n) is 1.72. The average Bonchev–Trinajstić information content (AvgIpc) is 2.14. The monoisotopic (exact) mass is 286 g/mol. The molecule has 0 saturated carbocycles. The fourth-order valence-corrected chi connectivity index (χ4v) is 1.32. The predicted octanol–water partition coefficient (Wildman–Crippen LogP) is 3.22. The summed E-state index contributed by atoms with van der Waals surface area (Å²) in [5, 5.41) is 0. The lowest BCUT2D eigenvalue weighted by Gasteiger charge is -2.24. The lowest BCUT2D eigenvalue weighted by atomic mass is 10.2. The first-order valence-electron chi connectivity index (χ1n) is 4.88. The van der Waals surface area contributed by atoms with Crippen molar-refractivity contribution in [2.24, 2.45) is 0 Å². The minimum atomic E-state index is -0.503. The number of halogens is 1. The van der Waals surface area contributed by atoms with Crippen molar-refractivity contribution in [1.29, 1.82) is 0 Å². The maximum atomic E-state index is 11.7. The molecule has 0 aliphatic rings. The Kier molecular flexibility index (Phi) is 3.91. The van der Waals surface area contributed by atoms with Crippen LogP contribution in [-0.2, 0) is 4.74 Å². The molecule has 0 unspecified atom stereocenters. The Labute approximate surface area is 104 Å². The van der Waals surface area contributed by atoms with Gasteiger partial charge < -0.3 is 4.74 Å². The standard InChI is InChI=1S/C11H15BrN2O2/c1-11(2,3)16-10(15)14(4)9-7-8(12)5-6-13-9/h5-7H,1-4H3. The summed E-state index contributed by atoms with van der Waals surface area (Å²) in [7, 11) is 1.63. The van der Waals surface area contributed by atoms with Crippen molar-refractivity contribution in [2.45, 2.75) is 26.4 Å². The predicted molar refractivity (Wildman–Crippen MR) is 66.6 cm³/mol. The molecule has 1 heterocycles. The highest BCUT2D eigenvalue weighted by molar-refractivity contribution is 9.10. The van der Waals surface area contributed by atoms with Gasteiger partial charge in [0.2, 0.25) is 0 Å².